The highest BCUT2D eigenvalue weighted by Crippen LogP contribution is 2.32. The van der Waals surface area contributed by atoms with Crippen LogP contribution in [0.5, 0.6) is 0 Å². The molecule has 0 aliphatic carbocycles. The average molecular weight is 263 g/mol. The molecule has 1 atom stereocenters. The molecule has 19 heavy (non-hydrogen) atoms. The Bertz CT molecular complexity index is 607. The predicted octanol–water partition coefficient (Wildman–Crippen LogP) is 3.13. The Balaban J connectivity index is 2.08. The summed E-state index contributed by atoms with van der Waals surface area (Å²) in [5, 5.41) is 7.60. The molecule has 1 aliphatic heterocycles. The third-order valence-electron chi connectivity index (χ3n) is 3.57. The molecule has 3 rings (SSSR count). The summed E-state index contributed by atoms with van der Waals surface area (Å²) in [4.78, 5) is 0. The van der Waals surface area contributed by atoms with E-state index in [9.17, 15) is 8.78 Å². The van der Waals surface area contributed by atoms with Crippen molar-refractivity contribution in [2.75, 3.05) is 11.9 Å². The van der Waals surface area contributed by atoms with Gasteiger partial charge in [0.05, 0.1) is 12.2 Å². The van der Waals surface area contributed by atoms with Gasteiger partial charge in [-0.05, 0) is 31.0 Å². The molecule has 1 N–H and O–H groups in total. The fraction of sp³-hybridized carbons (Fsp3) is 0.357. The van der Waals surface area contributed by atoms with Crippen LogP contribution in [0.1, 0.15) is 30.5 Å². The van der Waals surface area contributed by atoms with E-state index in [1.165, 1.54) is 12.1 Å². The minimum Gasteiger partial charge on any atom is -0.370 e. The van der Waals surface area contributed by atoms with E-state index in [1.54, 1.807) is 10.9 Å². The van der Waals surface area contributed by atoms with Gasteiger partial charge in [0.15, 0.2) is 0 Å². The monoisotopic (exact) mass is 263 g/mol. The fourth-order valence-corrected chi connectivity index (χ4v) is 2.59. The number of aromatic nitrogens is 2. The number of aryl methyl sites for hydroxylation is 1. The Morgan fingerprint density at radius 3 is 3.05 bits per heavy atom. The Morgan fingerprint density at radius 2 is 2.26 bits per heavy atom. The van der Waals surface area contributed by atoms with E-state index >= 15 is 0 Å². The molecule has 0 fully saturated rings. The van der Waals surface area contributed by atoms with Gasteiger partial charge < -0.3 is 5.32 Å². The second kappa shape index (κ2) is 4.64. The number of fused-ring (bicyclic) bond motifs is 1. The van der Waals surface area contributed by atoms with Crippen LogP contribution in [-0.4, -0.2) is 16.3 Å². The molecule has 1 aliphatic rings. The van der Waals surface area contributed by atoms with Crippen molar-refractivity contribution in [2.45, 2.75) is 25.8 Å². The Labute approximate surface area is 110 Å². The molecule has 0 spiro atoms. The lowest BCUT2D eigenvalue weighted by Gasteiger charge is -2.27. The van der Waals surface area contributed by atoms with Crippen LogP contribution in [0.3, 0.4) is 0 Å². The molecule has 0 bridgehead atoms. The van der Waals surface area contributed by atoms with E-state index in [2.05, 4.69) is 10.4 Å². The van der Waals surface area contributed by atoms with Crippen molar-refractivity contribution in [2.24, 2.45) is 0 Å². The summed E-state index contributed by atoms with van der Waals surface area (Å²) in [5.41, 5.74) is 1.47. The zero-order chi connectivity index (χ0) is 13.4. The number of hydrogen-bond acceptors (Lipinski definition) is 2. The quantitative estimate of drug-likeness (QED) is 0.902. The van der Waals surface area contributed by atoms with Gasteiger partial charge in [-0.2, -0.15) is 5.10 Å². The fourth-order valence-electron chi connectivity index (χ4n) is 2.59. The third kappa shape index (κ3) is 1.99. The molecule has 1 aromatic carbocycles. The van der Waals surface area contributed by atoms with Crippen molar-refractivity contribution in [3.8, 4) is 0 Å². The van der Waals surface area contributed by atoms with Crippen LogP contribution >= 0.6 is 0 Å². The predicted molar refractivity (Wildman–Crippen MR) is 69.2 cm³/mol. The first-order chi connectivity index (χ1) is 9.20. The number of nitrogens with one attached hydrogen (secondary N) is 1. The SMILES string of the molecule is CCc1cnn2c1NCCC2c1cc(F)ccc1F. The first kappa shape index (κ1) is 12.1. The third-order valence-corrected chi connectivity index (χ3v) is 3.57. The summed E-state index contributed by atoms with van der Waals surface area (Å²) in [7, 11) is 0. The Kier molecular flexibility index (Phi) is 2.97. The normalized spacial score (nSPS) is 17.9. The molecule has 1 aromatic heterocycles. The van der Waals surface area contributed by atoms with Crippen molar-refractivity contribution in [3.63, 3.8) is 0 Å². The first-order valence-electron chi connectivity index (χ1n) is 6.46. The summed E-state index contributed by atoms with van der Waals surface area (Å²) >= 11 is 0. The minimum atomic E-state index is -0.417. The van der Waals surface area contributed by atoms with E-state index in [4.69, 9.17) is 0 Å². The van der Waals surface area contributed by atoms with Crippen LogP contribution in [0.25, 0.3) is 0 Å². The van der Waals surface area contributed by atoms with Crippen molar-refractivity contribution in [3.05, 3.63) is 47.2 Å². The van der Waals surface area contributed by atoms with E-state index in [0.29, 0.717) is 12.0 Å². The second-order valence-corrected chi connectivity index (χ2v) is 4.71. The number of anilines is 1. The average Bonchev–Trinajstić information content (AvgIpc) is 2.84. The molecule has 100 valence electrons. The van der Waals surface area contributed by atoms with Crippen LogP contribution in [0.15, 0.2) is 24.4 Å². The second-order valence-electron chi connectivity index (χ2n) is 4.71. The highest BCUT2D eigenvalue weighted by atomic mass is 19.1. The topological polar surface area (TPSA) is 29.9 Å². The van der Waals surface area contributed by atoms with Gasteiger partial charge in [-0.25, -0.2) is 13.5 Å². The van der Waals surface area contributed by atoms with Gasteiger partial charge in [0, 0.05) is 17.7 Å². The van der Waals surface area contributed by atoms with Gasteiger partial charge in [-0.3, -0.25) is 0 Å². The molecule has 0 saturated carbocycles. The van der Waals surface area contributed by atoms with E-state index in [-0.39, 0.29) is 11.9 Å². The molecule has 2 aromatic rings. The van der Waals surface area contributed by atoms with Crippen LogP contribution in [0, 0.1) is 11.6 Å². The van der Waals surface area contributed by atoms with E-state index < -0.39 is 5.82 Å². The van der Waals surface area contributed by atoms with E-state index in [1.807, 2.05) is 6.92 Å². The molecule has 3 nitrogen and oxygen atoms in total. The number of benzene rings is 1. The summed E-state index contributed by atoms with van der Waals surface area (Å²) in [6.07, 6.45) is 3.34. The summed E-state index contributed by atoms with van der Waals surface area (Å²) in [6.45, 7) is 2.78. The summed E-state index contributed by atoms with van der Waals surface area (Å²) in [6, 6.07) is 3.34. The Hall–Kier alpha value is -1.91. The first-order valence-corrected chi connectivity index (χ1v) is 6.46. The van der Waals surface area contributed by atoms with Crippen molar-refractivity contribution >= 4 is 5.82 Å². The van der Waals surface area contributed by atoms with Gasteiger partial charge in [0.25, 0.3) is 0 Å². The minimum absolute atomic E-state index is 0.243. The lowest BCUT2D eigenvalue weighted by atomic mass is 10.0. The molecular weight excluding hydrogens is 248 g/mol. The lowest BCUT2D eigenvalue weighted by Crippen LogP contribution is -2.25. The zero-order valence-corrected chi connectivity index (χ0v) is 10.7. The van der Waals surface area contributed by atoms with Crippen molar-refractivity contribution in [1.29, 1.82) is 0 Å². The standard InChI is InChI=1S/C14H15F2N3/c1-2-9-8-18-19-13(5-6-17-14(9)19)11-7-10(15)3-4-12(11)16/h3-4,7-8,13,17H,2,5-6H2,1H3. The maximum atomic E-state index is 13.9. The van der Waals surface area contributed by atoms with Crippen LogP contribution in [0.4, 0.5) is 14.6 Å². The maximum Gasteiger partial charge on any atom is 0.128 e. The summed E-state index contributed by atoms with van der Waals surface area (Å²) < 4.78 is 29.0. The molecular formula is C14H15F2N3. The molecule has 0 radical (unpaired) electrons. The molecule has 2 heterocycles. The summed E-state index contributed by atoms with van der Waals surface area (Å²) in [5.74, 6) is 0.120. The van der Waals surface area contributed by atoms with Crippen LogP contribution < -0.4 is 5.32 Å². The van der Waals surface area contributed by atoms with Gasteiger partial charge in [0.1, 0.15) is 17.5 Å². The Morgan fingerprint density at radius 1 is 1.42 bits per heavy atom. The van der Waals surface area contributed by atoms with Gasteiger partial charge in [-0.1, -0.05) is 6.92 Å². The lowest BCUT2D eigenvalue weighted by molar-refractivity contribution is 0.454. The van der Waals surface area contributed by atoms with Crippen LogP contribution in [-0.2, 0) is 6.42 Å². The molecule has 0 amide bonds. The number of halogens is 2. The molecule has 0 saturated heterocycles. The van der Waals surface area contributed by atoms with Crippen molar-refractivity contribution in [1.82, 2.24) is 9.78 Å². The molecule has 5 heteroatoms. The maximum absolute atomic E-state index is 13.9. The van der Waals surface area contributed by atoms with Crippen LogP contribution in [0.2, 0.25) is 0 Å². The highest BCUT2D eigenvalue weighted by molar-refractivity contribution is 5.47. The van der Waals surface area contributed by atoms with Gasteiger partial charge in [0.2, 0.25) is 0 Å². The molecule has 1 unspecified atom stereocenters. The van der Waals surface area contributed by atoms with E-state index in [0.717, 1.165) is 30.4 Å². The van der Waals surface area contributed by atoms with Gasteiger partial charge in [-0.15, -0.1) is 0 Å². The van der Waals surface area contributed by atoms with Gasteiger partial charge >= 0.3 is 0 Å². The number of nitrogens with zero attached hydrogens (tertiary/aromatic N) is 2. The van der Waals surface area contributed by atoms with Crippen molar-refractivity contribution < 1.29 is 8.78 Å². The largest absolute Gasteiger partial charge is 0.370 e. The number of rotatable bonds is 2. The smallest absolute Gasteiger partial charge is 0.128 e. The highest BCUT2D eigenvalue weighted by Gasteiger charge is 2.26. The number of hydrogen-bond donors (Lipinski definition) is 1. The zero-order valence-electron chi connectivity index (χ0n) is 10.7.